The highest BCUT2D eigenvalue weighted by atomic mass is 19.1. The lowest BCUT2D eigenvalue weighted by Crippen LogP contribution is -1.98. The van der Waals surface area contributed by atoms with Gasteiger partial charge in [0.1, 0.15) is 6.17 Å². The average Bonchev–Trinajstić information content (AvgIpc) is 2.30. The van der Waals surface area contributed by atoms with E-state index in [-0.39, 0.29) is 0 Å². The van der Waals surface area contributed by atoms with Crippen molar-refractivity contribution < 1.29 is 4.39 Å². The summed E-state index contributed by atoms with van der Waals surface area (Å²) in [5, 5.41) is 0. The second-order valence-corrected chi connectivity index (χ2v) is 3.47. The van der Waals surface area contributed by atoms with Crippen molar-refractivity contribution in [1.29, 1.82) is 0 Å². The minimum absolute atomic E-state index is 0.442. The van der Waals surface area contributed by atoms with Crippen LogP contribution in [0.15, 0.2) is 0 Å². The molecule has 0 spiro atoms. The van der Waals surface area contributed by atoms with Gasteiger partial charge in [-0.2, -0.15) is 0 Å². The first-order valence-electron chi connectivity index (χ1n) is 3.97. The van der Waals surface area contributed by atoms with Gasteiger partial charge in [-0.25, -0.2) is 4.39 Å². The lowest BCUT2D eigenvalue weighted by atomic mass is 10.1. The molecule has 2 aliphatic rings. The molecule has 0 aliphatic heterocycles. The molecular formula is C8H13F. The van der Waals surface area contributed by atoms with E-state index < -0.39 is 6.17 Å². The quantitative estimate of drug-likeness (QED) is 0.508. The van der Waals surface area contributed by atoms with Crippen molar-refractivity contribution >= 4 is 0 Å². The number of rotatable bonds is 1. The molecule has 0 heterocycles. The zero-order valence-electron chi connectivity index (χ0n) is 5.81. The van der Waals surface area contributed by atoms with Crippen molar-refractivity contribution in [3.8, 4) is 0 Å². The Hall–Kier alpha value is -0.0700. The highest BCUT2D eigenvalue weighted by Gasteiger charge is 2.54. The molecule has 2 rings (SSSR count). The normalized spacial score (nSPS) is 55.3. The van der Waals surface area contributed by atoms with Crippen molar-refractivity contribution in [2.75, 3.05) is 0 Å². The molecule has 0 nitrogen and oxygen atoms in total. The van der Waals surface area contributed by atoms with Crippen LogP contribution in [0, 0.1) is 17.8 Å². The third-order valence-electron chi connectivity index (χ3n) is 3.04. The predicted octanol–water partition coefficient (Wildman–Crippen LogP) is 2.39. The molecule has 2 aliphatic carbocycles. The summed E-state index contributed by atoms with van der Waals surface area (Å²) in [7, 11) is 0. The molecule has 1 heteroatoms. The maximum atomic E-state index is 12.5. The lowest BCUT2D eigenvalue weighted by Gasteiger charge is -2.01. The summed E-state index contributed by atoms with van der Waals surface area (Å²) < 4.78 is 12.5. The van der Waals surface area contributed by atoms with Crippen molar-refractivity contribution in [3.63, 3.8) is 0 Å². The number of hydrogen-bond acceptors (Lipinski definition) is 0. The summed E-state index contributed by atoms with van der Waals surface area (Å²) in [6, 6.07) is 0. The van der Waals surface area contributed by atoms with E-state index in [1.54, 1.807) is 0 Å². The summed E-state index contributed by atoms with van der Waals surface area (Å²) in [5.41, 5.74) is 0. The van der Waals surface area contributed by atoms with E-state index >= 15 is 0 Å². The summed E-state index contributed by atoms with van der Waals surface area (Å²) >= 11 is 0. The zero-order chi connectivity index (χ0) is 6.43. The maximum Gasteiger partial charge on any atom is 0.101 e. The zero-order valence-corrected chi connectivity index (χ0v) is 5.81. The fourth-order valence-electron chi connectivity index (χ4n) is 2.52. The van der Waals surface area contributed by atoms with Gasteiger partial charge in [0.25, 0.3) is 0 Å². The first kappa shape index (κ1) is 5.70. The SMILES string of the molecule is CC[C@@H]1[C@H]2C[C@H](F)C[C@@H]12. The molecular weight excluding hydrogens is 115 g/mol. The van der Waals surface area contributed by atoms with Crippen molar-refractivity contribution in [3.05, 3.63) is 0 Å². The van der Waals surface area contributed by atoms with Crippen molar-refractivity contribution in [2.24, 2.45) is 17.8 Å². The first-order chi connectivity index (χ1) is 4.33. The molecule has 0 N–H and O–H groups in total. The Morgan fingerprint density at radius 2 is 1.89 bits per heavy atom. The van der Waals surface area contributed by atoms with E-state index in [1.807, 2.05) is 0 Å². The van der Waals surface area contributed by atoms with E-state index in [0.29, 0.717) is 0 Å². The summed E-state index contributed by atoms with van der Waals surface area (Å²) in [5.74, 6) is 2.51. The largest absolute Gasteiger partial charge is 0.247 e. The average molecular weight is 128 g/mol. The van der Waals surface area contributed by atoms with Crippen LogP contribution in [0.25, 0.3) is 0 Å². The molecule has 0 aromatic rings. The Morgan fingerprint density at radius 1 is 1.33 bits per heavy atom. The van der Waals surface area contributed by atoms with E-state index in [1.165, 1.54) is 6.42 Å². The molecule has 0 amide bonds. The van der Waals surface area contributed by atoms with Gasteiger partial charge in [0.05, 0.1) is 0 Å². The third-order valence-corrected chi connectivity index (χ3v) is 3.04. The minimum atomic E-state index is -0.442. The van der Waals surface area contributed by atoms with Crippen LogP contribution in [-0.4, -0.2) is 6.17 Å². The lowest BCUT2D eigenvalue weighted by molar-refractivity contribution is 0.298. The second-order valence-electron chi connectivity index (χ2n) is 3.47. The van der Waals surface area contributed by atoms with Gasteiger partial charge in [0, 0.05) is 0 Å². The van der Waals surface area contributed by atoms with Crippen LogP contribution in [-0.2, 0) is 0 Å². The van der Waals surface area contributed by atoms with Crippen LogP contribution in [0.4, 0.5) is 4.39 Å². The Morgan fingerprint density at radius 3 is 2.33 bits per heavy atom. The standard InChI is InChI=1S/C8H13F/c1-2-6-7-3-5(9)4-8(6)7/h5-8H,2-4H2,1H3/t5-,6+,7+,8-. The van der Waals surface area contributed by atoms with Gasteiger partial charge in [-0.15, -0.1) is 0 Å². The Labute approximate surface area is 55.4 Å². The third kappa shape index (κ3) is 0.702. The fraction of sp³-hybridized carbons (Fsp3) is 1.00. The monoisotopic (exact) mass is 128 g/mol. The van der Waals surface area contributed by atoms with Gasteiger partial charge in [0.2, 0.25) is 0 Å². The molecule has 0 aromatic heterocycles. The van der Waals surface area contributed by atoms with Gasteiger partial charge in [0.15, 0.2) is 0 Å². The second kappa shape index (κ2) is 1.71. The van der Waals surface area contributed by atoms with Crippen LogP contribution >= 0.6 is 0 Å². The van der Waals surface area contributed by atoms with Gasteiger partial charge in [-0.05, 0) is 30.6 Å². The smallest absolute Gasteiger partial charge is 0.101 e. The summed E-state index contributed by atoms with van der Waals surface area (Å²) in [6.45, 7) is 2.22. The molecule has 0 aromatic carbocycles. The molecule has 4 atom stereocenters. The van der Waals surface area contributed by atoms with Gasteiger partial charge in [-0.1, -0.05) is 13.3 Å². The van der Waals surface area contributed by atoms with Crippen LogP contribution in [0.3, 0.4) is 0 Å². The Bertz CT molecular complexity index is 110. The summed E-state index contributed by atoms with van der Waals surface area (Å²) in [4.78, 5) is 0. The molecule has 0 bridgehead atoms. The maximum absolute atomic E-state index is 12.5. The number of fused-ring (bicyclic) bond motifs is 1. The van der Waals surface area contributed by atoms with Crippen LogP contribution in [0.5, 0.6) is 0 Å². The van der Waals surface area contributed by atoms with Gasteiger partial charge >= 0.3 is 0 Å². The van der Waals surface area contributed by atoms with Gasteiger partial charge in [-0.3, -0.25) is 0 Å². The molecule has 52 valence electrons. The molecule has 0 radical (unpaired) electrons. The highest BCUT2D eigenvalue weighted by molar-refractivity contribution is 5.03. The predicted molar refractivity (Wildman–Crippen MR) is 34.9 cm³/mol. The van der Waals surface area contributed by atoms with Crippen molar-refractivity contribution in [1.82, 2.24) is 0 Å². The van der Waals surface area contributed by atoms with E-state index in [0.717, 1.165) is 30.6 Å². The number of halogens is 1. The van der Waals surface area contributed by atoms with Crippen molar-refractivity contribution in [2.45, 2.75) is 32.4 Å². The topological polar surface area (TPSA) is 0 Å². The molecule has 0 saturated heterocycles. The molecule has 0 unspecified atom stereocenters. The molecule has 2 fully saturated rings. The molecule has 9 heavy (non-hydrogen) atoms. The summed E-state index contributed by atoms with van der Waals surface area (Å²) in [6.07, 6.45) is 2.59. The molecule has 2 saturated carbocycles. The van der Waals surface area contributed by atoms with Crippen LogP contribution in [0.1, 0.15) is 26.2 Å². The number of alkyl halides is 1. The van der Waals surface area contributed by atoms with E-state index in [9.17, 15) is 4.39 Å². The Kier molecular flexibility index (Phi) is 1.08. The van der Waals surface area contributed by atoms with Crippen LogP contribution in [0.2, 0.25) is 0 Å². The minimum Gasteiger partial charge on any atom is -0.247 e. The van der Waals surface area contributed by atoms with Gasteiger partial charge < -0.3 is 0 Å². The number of hydrogen-bond donors (Lipinski definition) is 0. The Balaban J connectivity index is 1.91. The van der Waals surface area contributed by atoms with E-state index in [4.69, 9.17) is 0 Å². The highest BCUT2D eigenvalue weighted by Crippen LogP contribution is 2.59. The van der Waals surface area contributed by atoms with E-state index in [2.05, 4.69) is 6.92 Å². The fourth-order valence-corrected chi connectivity index (χ4v) is 2.52. The first-order valence-corrected chi connectivity index (χ1v) is 3.97. The van der Waals surface area contributed by atoms with Crippen LogP contribution < -0.4 is 0 Å².